The molecule has 20 heavy (non-hydrogen) atoms. The first-order valence-electron chi connectivity index (χ1n) is 5.71. The minimum atomic E-state index is -0.415. The number of benzene rings is 1. The number of rotatable bonds is 5. The van der Waals surface area contributed by atoms with E-state index in [-0.39, 0.29) is 24.0 Å². The fourth-order valence-electron chi connectivity index (χ4n) is 1.47. The van der Waals surface area contributed by atoms with Crippen molar-refractivity contribution in [3.63, 3.8) is 0 Å². The minimum Gasteiger partial charge on any atom is -0.468 e. The number of hydrogen-bond acceptors (Lipinski definition) is 5. The molecule has 7 heteroatoms. The summed E-state index contributed by atoms with van der Waals surface area (Å²) in [5.41, 5.74) is 0.831. The second kappa shape index (κ2) is 7.48. The van der Waals surface area contributed by atoms with Gasteiger partial charge in [0.25, 0.3) is 0 Å². The number of nitrogens with zero attached hydrogens (tertiary/aromatic N) is 2. The highest BCUT2D eigenvalue weighted by Crippen LogP contribution is 2.20. The van der Waals surface area contributed by atoms with E-state index in [0.29, 0.717) is 11.3 Å². The van der Waals surface area contributed by atoms with Gasteiger partial charge >= 0.3 is 5.97 Å². The third-order valence-electron chi connectivity index (χ3n) is 2.41. The summed E-state index contributed by atoms with van der Waals surface area (Å²) < 4.78 is 4.50. The van der Waals surface area contributed by atoms with Crippen molar-refractivity contribution in [3.05, 3.63) is 28.8 Å². The molecule has 106 valence electrons. The van der Waals surface area contributed by atoms with Crippen LogP contribution in [0.1, 0.15) is 5.56 Å². The summed E-state index contributed by atoms with van der Waals surface area (Å²) in [7, 11) is 2.91. The van der Waals surface area contributed by atoms with Crippen LogP contribution >= 0.6 is 11.6 Å². The van der Waals surface area contributed by atoms with Crippen LogP contribution in [0, 0.1) is 11.3 Å². The van der Waals surface area contributed by atoms with Gasteiger partial charge in [-0.3, -0.25) is 14.5 Å². The molecule has 6 nitrogen and oxygen atoms in total. The summed E-state index contributed by atoms with van der Waals surface area (Å²) in [6, 6.07) is 6.54. The SMILES string of the molecule is COC(=O)CN(C)CC(=O)Nc1ccc(C#N)c(Cl)c1. The molecule has 0 heterocycles. The second-order valence-corrected chi connectivity index (χ2v) is 4.51. The zero-order valence-electron chi connectivity index (χ0n) is 11.1. The van der Waals surface area contributed by atoms with Gasteiger partial charge in [0.05, 0.1) is 30.8 Å². The zero-order chi connectivity index (χ0) is 15.1. The highest BCUT2D eigenvalue weighted by Gasteiger charge is 2.11. The van der Waals surface area contributed by atoms with Gasteiger partial charge in [-0.05, 0) is 25.2 Å². The monoisotopic (exact) mass is 295 g/mol. The van der Waals surface area contributed by atoms with E-state index < -0.39 is 5.97 Å². The summed E-state index contributed by atoms with van der Waals surface area (Å²) in [6.45, 7) is 0.0603. The summed E-state index contributed by atoms with van der Waals surface area (Å²) in [6.07, 6.45) is 0. The number of amides is 1. The van der Waals surface area contributed by atoms with Crippen molar-refractivity contribution >= 4 is 29.2 Å². The van der Waals surface area contributed by atoms with E-state index in [4.69, 9.17) is 16.9 Å². The molecule has 0 atom stereocenters. The lowest BCUT2D eigenvalue weighted by molar-refractivity contribution is -0.141. The number of anilines is 1. The first kappa shape index (κ1) is 16.0. The van der Waals surface area contributed by atoms with E-state index in [9.17, 15) is 9.59 Å². The Hall–Kier alpha value is -2.10. The summed E-state index contributed by atoms with van der Waals surface area (Å²) in [4.78, 5) is 24.3. The molecule has 0 saturated heterocycles. The smallest absolute Gasteiger partial charge is 0.319 e. The fourth-order valence-corrected chi connectivity index (χ4v) is 1.69. The number of nitriles is 1. The lowest BCUT2D eigenvalue weighted by Crippen LogP contribution is -2.34. The van der Waals surface area contributed by atoms with Crippen molar-refractivity contribution < 1.29 is 14.3 Å². The van der Waals surface area contributed by atoms with Crippen LogP contribution in [0.3, 0.4) is 0 Å². The fraction of sp³-hybridized carbons (Fsp3) is 0.308. The third kappa shape index (κ3) is 4.88. The molecule has 1 aromatic rings. The number of hydrogen-bond donors (Lipinski definition) is 1. The minimum absolute atomic E-state index is 0.0258. The molecule has 1 aromatic carbocycles. The summed E-state index contributed by atoms with van der Waals surface area (Å²) in [5, 5.41) is 11.6. The van der Waals surface area contributed by atoms with Gasteiger partial charge in [0, 0.05) is 5.69 Å². The van der Waals surface area contributed by atoms with Gasteiger partial charge in [0.15, 0.2) is 0 Å². The Bertz CT molecular complexity index is 554. The van der Waals surface area contributed by atoms with Gasteiger partial charge in [-0.1, -0.05) is 11.6 Å². The van der Waals surface area contributed by atoms with E-state index in [2.05, 4.69) is 10.1 Å². The number of likely N-dealkylation sites (N-methyl/N-ethyl adjacent to an activating group) is 1. The Balaban J connectivity index is 2.56. The average Bonchev–Trinajstić information content (AvgIpc) is 2.38. The van der Waals surface area contributed by atoms with Crippen molar-refractivity contribution in [2.45, 2.75) is 0 Å². The molecule has 0 bridgehead atoms. The Morgan fingerprint density at radius 3 is 2.70 bits per heavy atom. The predicted molar refractivity (Wildman–Crippen MR) is 74.3 cm³/mol. The number of carbonyl (C=O) groups excluding carboxylic acids is 2. The number of ether oxygens (including phenoxy) is 1. The lowest BCUT2D eigenvalue weighted by atomic mass is 10.2. The van der Waals surface area contributed by atoms with Gasteiger partial charge < -0.3 is 10.1 Å². The van der Waals surface area contributed by atoms with E-state index in [1.165, 1.54) is 24.1 Å². The van der Waals surface area contributed by atoms with Gasteiger partial charge in [0.1, 0.15) is 6.07 Å². The van der Waals surface area contributed by atoms with Gasteiger partial charge in [-0.15, -0.1) is 0 Å². The molecule has 1 amide bonds. The summed E-state index contributed by atoms with van der Waals surface area (Å²) >= 11 is 5.86. The Morgan fingerprint density at radius 2 is 2.15 bits per heavy atom. The van der Waals surface area contributed by atoms with Crippen molar-refractivity contribution in [1.82, 2.24) is 4.90 Å². The van der Waals surface area contributed by atoms with Gasteiger partial charge in [0.2, 0.25) is 5.91 Å². The van der Waals surface area contributed by atoms with Crippen LogP contribution in [-0.2, 0) is 14.3 Å². The first-order chi connectivity index (χ1) is 9.46. The summed E-state index contributed by atoms with van der Waals surface area (Å²) in [5.74, 6) is -0.709. The van der Waals surface area contributed by atoms with E-state index in [1.807, 2.05) is 6.07 Å². The molecule has 1 N–H and O–H groups in total. The molecule has 0 saturated carbocycles. The van der Waals surface area contributed by atoms with E-state index in [0.717, 1.165) is 0 Å². The highest BCUT2D eigenvalue weighted by molar-refractivity contribution is 6.32. The quantitative estimate of drug-likeness (QED) is 0.827. The van der Waals surface area contributed by atoms with Gasteiger partial charge in [-0.25, -0.2) is 0 Å². The maximum absolute atomic E-state index is 11.7. The van der Waals surface area contributed by atoms with Crippen LogP contribution in [0.25, 0.3) is 0 Å². The number of methoxy groups -OCH3 is 1. The number of halogens is 1. The van der Waals surface area contributed by atoms with Crippen molar-refractivity contribution in [3.8, 4) is 6.07 Å². The molecule has 0 aromatic heterocycles. The Kier molecular flexibility index (Phi) is 5.97. The third-order valence-corrected chi connectivity index (χ3v) is 2.73. The number of esters is 1. The molecule has 0 aliphatic rings. The maximum Gasteiger partial charge on any atom is 0.319 e. The van der Waals surface area contributed by atoms with Crippen molar-refractivity contribution in [2.75, 3.05) is 32.6 Å². The van der Waals surface area contributed by atoms with Crippen molar-refractivity contribution in [2.24, 2.45) is 0 Å². The molecule has 0 spiro atoms. The zero-order valence-corrected chi connectivity index (χ0v) is 11.9. The molecule has 0 aliphatic carbocycles. The lowest BCUT2D eigenvalue weighted by Gasteiger charge is -2.14. The van der Waals surface area contributed by atoms with E-state index >= 15 is 0 Å². The molecule has 0 radical (unpaired) electrons. The molecular weight excluding hydrogens is 282 g/mol. The largest absolute Gasteiger partial charge is 0.468 e. The van der Waals surface area contributed by atoms with E-state index in [1.54, 1.807) is 13.1 Å². The normalized spacial score (nSPS) is 9.95. The standard InChI is InChI=1S/C13H14ClN3O3/c1-17(8-13(19)20-2)7-12(18)16-10-4-3-9(6-15)11(14)5-10/h3-5H,7-8H2,1-2H3,(H,16,18). The molecule has 0 unspecified atom stereocenters. The second-order valence-electron chi connectivity index (χ2n) is 4.10. The van der Waals surface area contributed by atoms with Crippen LogP contribution in [-0.4, -0.2) is 44.0 Å². The van der Waals surface area contributed by atoms with Gasteiger partial charge in [-0.2, -0.15) is 5.26 Å². The average molecular weight is 296 g/mol. The number of carbonyl (C=O) groups is 2. The molecule has 1 rings (SSSR count). The Labute approximate surface area is 121 Å². The highest BCUT2D eigenvalue weighted by atomic mass is 35.5. The molecular formula is C13H14ClN3O3. The van der Waals surface area contributed by atoms with Crippen LogP contribution in [0.4, 0.5) is 5.69 Å². The number of nitrogens with one attached hydrogen (secondary N) is 1. The van der Waals surface area contributed by atoms with Crippen LogP contribution in [0.2, 0.25) is 5.02 Å². The van der Waals surface area contributed by atoms with Crippen LogP contribution in [0.5, 0.6) is 0 Å². The Morgan fingerprint density at radius 1 is 1.45 bits per heavy atom. The van der Waals surface area contributed by atoms with Crippen LogP contribution in [0.15, 0.2) is 18.2 Å². The topological polar surface area (TPSA) is 82.4 Å². The maximum atomic E-state index is 11.7. The first-order valence-corrected chi connectivity index (χ1v) is 6.09. The predicted octanol–water partition coefficient (Wildman–Crippen LogP) is 1.25. The molecule has 0 fully saturated rings. The molecule has 0 aliphatic heterocycles. The van der Waals surface area contributed by atoms with Crippen molar-refractivity contribution in [1.29, 1.82) is 5.26 Å². The van der Waals surface area contributed by atoms with Crippen LogP contribution < -0.4 is 5.32 Å².